The van der Waals surface area contributed by atoms with E-state index in [0.717, 1.165) is 88.2 Å². The fourth-order valence-electron chi connectivity index (χ4n) is 8.98. The van der Waals surface area contributed by atoms with Crippen LogP contribution in [0.4, 0.5) is 11.4 Å². The molecule has 1 spiro atoms. The SMILES string of the molecule is Cn1ncc(N[C@@H]2C[C@H](c3ccc(C(=O)N4CCC5(CC4)CCN(c4ccc(C6CCC(=O)NC6=O)cc4)CC5)cc3)CN(C3CC3)C2)c(Br)c1=O. The summed E-state index contributed by atoms with van der Waals surface area (Å²) in [6, 6.07) is 17.5. The Morgan fingerprint density at radius 3 is 2.23 bits per heavy atom. The normalized spacial score (nSPS) is 25.2. The Morgan fingerprint density at radius 1 is 0.885 bits per heavy atom. The van der Waals surface area contributed by atoms with Gasteiger partial charge < -0.3 is 15.1 Å². The summed E-state index contributed by atoms with van der Waals surface area (Å²) < 4.78 is 1.85. The number of carbonyl (C=O) groups excluding carboxylic acids is 3. The van der Waals surface area contributed by atoms with Crippen LogP contribution in [0.2, 0.25) is 0 Å². The number of anilines is 2. The molecule has 8 rings (SSSR count). The molecule has 3 aromatic rings. The lowest BCUT2D eigenvalue weighted by Crippen LogP contribution is -2.48. The van der Waals surface area contributed by atoms with E-state index in [0.29, 0.717) is 29.3 Å². The third-order valence-corrected chi connectivity index (χ3v) is 13.2. The van der Waals surface area contributed by atoms with Crippen molar-refractivity contribution in [3.05, 3.63) is 86.2 Å². The summed E-state index contributed by atoms with van der Waals surface area (Å²) in [5.41, 5.74) is 5.02. The molecule has 3 amide bonds. The molecule has 1 unspecified atom stereocenters. The Kier molecular flexibility index (Phi) is 9.71. The molecule has 0 radical (unpaired) electrons. The van der Waals surface area contributed by atoms with Crippen molar-refractivity contribution in [3.63, 3.8) is 0 Å². The van der Waals surface area contributed by atoms with Crippen LogP contribution in [0, 0.1) is 5.41 Å². The summed E-state index contributed by atoms with van der Waals surface area (Å²) in [7, 11) is 1.65. The molecule has 274 valence electrons. The van der Waals surface area contributed by atoms with Crippen LogP contribution in [0.15, 0.2) is 64.0 Å². The first-order valence-corrected chi connectivity index (χ1v) is 19.7. The number of aromatic nitrogens is 2. The van der Waals surface area contributed by atoms with E-state index < -0.39 is 0 Å². The number of halogens is 1. The Morgan fingerprint density at radius 2 is 1.56 bits per heavy atom. The first kappa shape index (κ1) is 35.0. The van der Waals surface area contributed by atoms with Gasteiger partial charge in [-0.3, -0.25) is 29.4 Å². The minimum absolute atomic E-state index is 0.126. The third-order valence-electron chi connectivity index (χ3n) is 12.4. The molecule has 5 fully saturated rings. The molecule has 1 saturated carbocycles. The van der Waals surface area contributed by atoms with E-state index in [4.69, 9.17) is 0 Å². The maximum absolute atomic E-state index is 13.7. The van der Waals surface area contributed by atoms with Gasteiger partial charge in [-0.1, -0.05) is 24.3 Å². The van der Waals surface area contributed by atoms with Crippen LogP contribution >= 0.6 is 15.9 Å². The van der Waals surface area contributed by atoms with Gasteiger partial charge in [-0.15, -0.1) is 0 Å². The van der Waals surface area contributed by atoms with Crippen LogP contribution in [-0.2, 0) is 16.6 Å². The van der Waals surface area contributed by atoms with Crippen LogP contribution < -0.4 is 21.1 Å². The Bertz CT molecular complexity index is 1870. The lowest BCUT2D eigenvalue weighted by molar-refractivity contribution is -0.134. The van der Waals surface area contributed by atoms with Gasteiger partial charge in [0.25, 0.3) is 11.5 Å². The second kappa shape index (κ2) is 14.4. The van der Waals surface area contributed by atoms with E-state index in [9.17, 15) is 19.2 Å². The van der Waals surface area contributed by atoms with Crippen molar-refractivity contribution in [3.8, 4) is 0 Å². The van der Waals surface area contributed by atoms with Crippen LogP contribution in [0.5, 0.6) is 0 Å². The van der Waals surface area contributed by atoms with Gasteiger partial charge in [0, 0.05) is 76.1 Å². The standard InChI is InChI=1S/C40H48BrN7O4/c1-45-39(52)36(41)34(23-42-45)43-30-22-29(24-48(25-30)32-10-11-32)26-2-4-28(5-3-26)38(51)47-20-16-40(17-21-47)14-18-46(19-15-40)31-8-6-27(7-9-31)33-12-13-35(49)44-37(33)50/h2-9,23,29-30,32-33,43H,10-22,24-25H2,1H3,(H,44,49,50)/t29-,30+,33?/m0/s1. The Balaban J connectivity index is 0.843. The fourth-order valence-corrected chi connectivity index (χ4v) is 9.45. The molecule has 2 N–H and O–H groups in total. The highest BCUT2D eigenvalue weighted by Crippen LogP contribution is 2.43. The van der Waals surface area contributed by atoms with E-state index in [2.05, 4.69) is 65.7 Å². The summed E-state index contributed by atoms with van der Waals surface area (Å²) in [6.07, 6.45) is 10.4. The number of hydrogen-bond donors (Lipinski definition) is 2. The second-order valence-electron chi connectivity index (χ2n) is 15.8. The van der Waals surface area contributed by atoms with Crippen LogP contribution in [0.25, 0.3) is 0 Å². The Hall–Kier alpha value is -4.03. The maximum atomic E-state index is 13.7. The van der Waals surface area contributed by atoms with Gasteiger partial charge in [0.05, 0.1) is 17.8 Å². The lowest BCUT2D eigenvalue weighted by atomic mass is 9.71. The zero-order valence-corrected chi connectivity index (χ0v) is 31.4. The van der Waals surface area contributed by atoms with Gasteiger partial charge in [-0.25, -0.2) is 4.68 Å². The van der Waals surface area contributed by atoms with Gasteiger partial charge in [0.15, 0.2) is 0 Å². The smallest absolute Gasteiger partial charge is 0.282 e. The first-order valence-electron chi connectivity index (χ1n) is 18.9. The van der Waals surface area contributed by atoms with Gasteiger partial charge in [0.1, 0.15) is 4.47 Å². The minimum Gasteiger partial charge on any atom is -0.379 e. The molecule has 1 aliphatic carbocycles. The number of nitrogens with one attached hydrogen (secondary N) is 2. The largest absolute Gasteiger partial charge is 0.379 e. The molecular weight excluding hydrogens is 722 g/mol. The van der Waals surface area contributed by atoms with Crippen molar-refractivity contribution >= 4 is 45.0 Å². The number of benzene rings is 2. The molecule has 5 heterocycles. The minimum atomic E-state index is -0.256. The zero-order chi connectivity index (χ0) is 36.0. The predicted molar refractivity (Wildman–Crippen MR) is 204 cm³/mol. The van der Waals surface area contributed by atoms with Gasteiger partial charge in [-0.05, 0) is 114 Å². The van der Waals surface area contributed by atoms with E-state index in [1.54, 1.807) is 13.2 Å². The number of nitrogens with zero attached hydrogens (tertiary/aromatic N) is 5. The zero-order valence-electron chi connectivity index (χ0n) is 29.9. The number of likely N-dealkylation sites (tertiary alicyclic amines) is 2. The van der Waals surface area contributed by atoms with Crippen molar-refractivity contribution in [2.24, 2.45) is 12.5 Å². The van der Waals surface area contributed by atoms with Gasteiger partial charge in [0.2, 0.25) is 11.8 Å². The maximum Gasteiger partial charge on any atom is 0.282 e. The van der Waals surface area contributed by atoms with Crippen LogP contribution in [0.1, 0.15) is 91.1 Å². The molecule has 0 bridgehead atoms. The lowest BCUT2D eigenvalue weighted by Gasteiger charge is -2.47. The average Bonchev–Trinajstić information content (AvgIpc) is 4.02. The van der Waals surface area contributed by atoms with Crippen molar-refractivity contribution in [2.75, 3.05) is 49.5 Å². The van der Waals surface area contributed by atoms with Crippen molar-refractivity contribution < 1.29 is 14.4 Å². The second-order valence-corrected chi connectivity index (χ2v) is 16.5. The fraction of sp³-hybridized carbons (Fsp3) is 0.525. The van der Waals surface area contributed by atoms with Gasteiger partial charge in [-0.2, -0.15) is 5.10 Å². The summed E-state index contributed by atoms with van der Waals surface area (Å²) in [4.78, 5) is 57.1. The molecule has 3 atom stereocenters. The topological polar surface area (TPSA) is 120 Å². The highest BCUT2D eigenvalue weighted by atomic mass is 79.9. The number of amides is 3. The number of rotatable bonds is 7. The monoisotopic (exact) mass is 769 g/mol. The number of aryl methyl sites for hydroxylation is 1. The number of carbonyl (C=O) groups is 3. The molecule has 2 aromatic carbocycles. The van der Waals surface area contributed by atoms with Crippen LogP contribution in [-0.4, -0.2) is 88.7 Å². The first-order chi connectivity index (χ1) is 25.1. The van der Waals surface area contributed by atoms with E-state index >= 15 is 0 Å². The van der Waals surface area contributed by atoms with E-state index in [1.165, 1.54) is 28.8 Å². The van der Waals surface area contributed by atoms with E-state index in [1.807, 2.05) is 29.2 Å². The molecule has 1 aromatic heterocycles. The predicted octanol–water partition coefficient (Wildman–Crippen LogP) is 5.02. The van der Waals surface area contributed by atoms with Crippen molar-refractivity contribution in [1.29, 1.82) is 0 Å². The molecule has 52 heavy (non-hydrogen) atoms. The van der Waals surface area contributed by atoms with Crippen molar-refractivity contribution in [1.82, 2.24) is 24.9 Å². The summed E-state index contributed by atoms with van der Waals surface area (Å²) in [5.74, 6) is -0.178. The summed E-state index contributed by atoms with van der Waals surface area (Å²) in [5, 5.41) is 10.3. The molecule has 11 nitrogen and oxygen atoms in total. The number of hydrogen-bond acceptors (Lipinski definition) is 8. The molecule has 4 saturated heterocycles. The molecule has 4 aliphatic heterocycles. The molecule has 12 heteroatoms. The number of piperidine rings is 4. The highest BCUT2D eigenvalue weighted by Gasteiger charge is 2.40. The van der Waals surface area contributed by atoms with Gasteiger partial charge >= 0.3 is 0 Å². The third kappa shape index (κ3) is 7.28. The highest BCUT2D eigenvalue weighted by molar-refractivity contribution is 9.10. The Labute approximate surface area is 313 Å². The summed E-state index contributed by atoms with van der Waals surface area (Å²) in [6.45, 7) is 5.50. The van der Waals surface area contributed by atoms with Crippen LogP contribution in [0.3, 0.4) is 0 Å². The quantitative estimate of drug-likeness (QED) is 0.322. The molecule has 5 aliphatic rings. The average molecular weight is 771 g/mol. The molecular formula is C40H48BrN7O4. The van der Waals surface area contributed by atoms with E-state index in [-0.39, 0.29) is 40.7 Å². The van der Waals surface area contributed by atoms with Crippen molar-refractivity contribution in [2.45, 2.75) is 81.7 Å². The number of imide groups is 1. The summed E-state index contributed by atoms with van der Waals surface area (Å²) >= 11 is 3.47.